The highest BCUT2D eigenvalue weighted by molar-refractivity contribution is 5.67. The number of nitrogens with one attached hydrogen (secondary N) is 1. The molecule has 3 unspecified atom stereocenters. The molecule has 4 heteroatoms. The molecule has 2 aliphatic rings. The first-order valence-corrected chi connectivity index (χ1v) is 7.34. The lowest BCUT2D eigenvalue weighted by Gasteiger charge is -2.22. The molecule has 0 saturated heterocycles. The molecule has 0 aromatic carbocycles. The monoisotopic (exact) mass is 256 g/mol. The number of rotatable bonds is 3. The molecule has 19 heavy (non-hydrogen) atoms. The van der Waals surface area contributed by atoms with Gasteiger partial charge in [-0.3, -0.25) is 0 Å². The van der Waals surface area contributed by atoms with Crippen LogP contribution in [0.3, 0.4) is 0 Å². The fourth-order valence-electron chi connectivity index (χ4n) is 4.03. The zero-order valence-electron chi connectivity index (χ0n) is 11.3. The third-order valence-electron chi connectivity index (χ3n) is 4.93. The van der Waals surface area contributed by atoms with Crippen molar-refractivity contribution < 1.29 is 0 Å². The summed E-state index contributed by atoms with van der Waals surface area (Å²) in [5.74, 6) is 3.80. The third kappa shape index (κ3) is 1.90. The van der Waals surface area contributed by atoms with Crippen LogP contribution in [-0.2, 0) is 0 Å². The van der Waals surface area contributed by atoms with Crippen LogP contribution in [0.5, 0.6) is 0 Å². The zero-order valence-corrected chi connectivity index (χ0v) is 11.3. The lowest BCUT2D eigenvalue weighted by Crippen LogP contribution is -2.20. The summed E-state index contributed by atoms with van der Waals surface area (Å²) < 4.78 is 1.91. The summed E-state index contributed by atoms with van der Waals surface area (Å²) in [6.07, 6.45) is 9.53. The summed E-state index contributed by atoms with van der Waals surface area (Å²) in [5.41, 5.74) is 2.12. The van der Waals surface area contributed by atoms with Crippen LogP contribution in [0.1, 0.15) is 31.4 Å². The van der Waals surface area contributed by atoms with Crippen molar-refractivity contribution in [3.8, 4) is 0 Å². The normalized spacial score (nSPS) is 29.2. The van der Waals surface area contributed by atoms with Gasteiger partial charge in [-0.05, 0) is 50.0 Å². The molecular formula is C15H20N4. The molecule has 0 radical (unpaired) electrons. The Morgan fingerprint density at radius 1 is 1.37 bits per heavy atom. The van der Waals surface area contributed by atoms with E-state index >= 15 is 0 Å². The van der Waals surface area contributed by atoms with Crippen LogP contribution in [-0.4, -0.2) is 21.1 Å². The van der Waals surface area contributed by atoms with E-state index in [9.17, 15) is 0 Å². The van der Waals surface area contributed by atoms with Crippen LogP contribution in [0, 0.1) is 24.7 Å². The van der Waals surface area contributed by atoms with Crippen LogP contribution >= 0.6 is 0 Å². The molecule has 1 N–H and O–H groups in total. The Balaban J connectivity index is 1.52. The van der Waals surface area contributed by atoms with E-state index in [1.807, 2.05) is 23.8 Å². The van der Waals surface area contributed by atoms with Crippen molar-refractivity contribution in [1.82, 2.24) is 14.6 Å². The standard InChI is InChI=1S/C15H20N4/c1-10-6-14-15(16-4-5-19(14)18-10)17-9-13-8-11-2-3-12(13)7-11/h4-6,11-13H,2-3,7-9H2,1H3,(H,16,17). The molecule has 3 atom stereocenters. The first kappa shape index (κ1) is 11.3. The smallest absolute Gasteiger partial charge is 0.152 e. The minimum Gasteiger partial charge on any atom is -0.368 e. The van der Waals surface area contributed by atoms with Crippen molar-refractivity contribution in [3.05, 3.63) is 24.2 Å². The van der Waals surface area contributed by atoms with Gasteiger partial charge < -0.3 is 5.32 Å². The second kappa shape index (κ2) is 4.22. The predicted octanol–water partition coefficient (Wildman–Crippen LogP) is 2.89. The Morgan fingerprint density at radius 3 is 3.11 bits per heavy atom. The number of hydrogen-bond donors (Lipinski definition) is 1. The van der Waals surface area contributed by atoms with Crippen LogP contribution in [0.4, 0.5) is 5.82 Å². The molecule has 2 saturated carbocycles. The van der Waals surface area contributed by atoms with Gasteiger partial charge in [-0.2, -0.15) is 5.10 Å². The molecule has 2 aromatic rings. The number of aryl methyl sites for hydroxylation is 1. The van der Waals surface area contributed by atoms with Gasteiger partial charge in [0.1, 0.15) is 5.52 Å². The molecule has 0 aliphatic heterocycles. The number of anilines is 1. The highest BCUT2D eigenvalue weighted by atomic mass is 15.2. The highest BCUT2D eigenvalue weighted by Gasteiger charge is 2.39. The maximum Gasteiger partial charge on any atom is 0.152 e. The summed E-state index contributed by atoms with van der Waals surface area (Å²) in [6, 6.07) is 2.09. The van der Waals surface area contributed by atoms with Gasteiger partial charge in [-0.1, -0.05) is 6.42 Å². The Kier molecular flexibility index (Phi) is 2.50. The number of nitrogens with zero attached hydrogens (tertiary/aromatic N) is 3. The van der Waals surface area contributed by atoms with Crippen molar-refractivity contribution in [2.24, 2.45) is 17.8 Å². The van der Waals surface area contributed by atoms with E-state index in [-0.39, 0.29) is 0 Å². The van der Waals surface area contributed by atoms with Gasteiger partial charge in [0, 0.05) is 18.9 Å². The summed E-state index contributed by atoms with van der Waals surface area (Å²) >= 11 is 0. The molecular weight excluding hydrogens is 236 g/mol. The van der Waals surface area contributed by atoms with Gasteiger partial charge in [0.15, 0.2) is 5.82 Å². The maximum absolute atomic E-state index is 4.47. The van der Waals surface area contributed by atoms with Gasteiger partial charge in [-0.25, -0.2) is 9.50 Å². The summed E-state index contributed by atoms with van der Waals surface area (Å²) in [4.78, 5) is 4.47. The third-order valence-corrected chi connectivity index (χ3v) is 4.93. The molecule has 4 nitrogen and oxygen atoms in total. The van der Waals surface area contributed by atoms with Crippen LogP contribution in [0.2, 0.25) is 0 Å². The van der Waals surface area contributed by atoms with Crippen molar-refractivity contribution in [1.29, 1.82) is 0 Å². The lowest BCUT2D eigenvalue weighted by molar-refractivity contribution is 0.348. The Labute approximate surface area is 113 Å². The first-order valence-electron chi connectivity index (χ1n) is 7.34. The van der Waals surface area contributed by atoms with E-state index in [0.717, 1.165) is 41.3 Å². The van der Waals surface area contributed by atoms with Gasteiger partial charge in [0.05, 0.1) is 5.69 Å². The lowest BCUT2D eigenvalue weighted by atomic mass is 9.89. The average molecular weight is 256 g/mol. The molecule has 2 fully saturated rings. The first-order chi connectivity index (χ1) is 9.29. The molecule has 0 spiro atoms. The summed E-state index contributed by atoms with van der Waals surface area (Å²) in [5, 5.41) is 7.98. The SMILES string of the molecule is Cc1cc2c(NCC3CC4CCC3C4)nccn2n1. The quantitative estimate of drug-likeness (QED) is 0.918. The number of hydrogen-bond acceptors (Lipinski definition) is 3. The summed E-state index contributed by atoms with van der Waals surface area (Å²) in [7, 11) is 0. The van der Waals surface area contributed by atoms with E-state index in [1.165, 1.54) is 25.7 Å². The predicted molar refractivity (Wildman–Crippen MR) is 75.2 cm³/mol. The van der Waals surface area contributed by atoms with Crippen LogP contribution in [0.15, 0.2) is 18.5 Å². The highest BCUT2D eigenvalue weighted by Crippen LogP contribution is 2.48. The van der Waals surface area contributed by atoms with Gasteiger partial charge in [0.2, 0.25) is 0 Å². The van der Waals surface area contributed by atoms with Crippen molar-refractivity contribution >= 4 is 11.3 Å². The minimum atomic E-state index is 0.852. The molecule has 100 valence electrons. The largest absolute Gasteiger partial charge is 0.368 e. The zero-order chi connectivity index (χ0) is 12.8. The van der Waals surface area contributed by atoms with Crippen molar-refractivity contribution in [2.45, 2.75) is 32.6 Å². The van der Waals surface area contributed by atoms with Gasteiger partial charge >= 0.3 is 0 Å². The van der Waals surface area contributed by atoms with Crippen LogP contribution in [0.25, 0.3) is 5.52 Å². The fraction of sp³-hybridized carbons (Fsp3) is 0.600. The van der Waals surface area contributed by atoms with Gasteiger partial charge in [-0.15, -0.1) is 0 Å². The summed E-state index contributed by atoms with van der Waals surface area (Å²) in [6.45, 7) is 3.09. The van der Waals surface area contributed by atoms with Gasteiger partial charge in [0.25, 0.3) is 0 Å². The second-order valence-electron chi connectivity index (χ2n) is 6.21. The Bertz CT molecular complexity index is 603. The van der Waals surface area contributed by atoms with Crippen molar-refractivity contribution in [2.75, 3.05) is 11.9 Å². The molecule has 2 aromatic heterocycles. The van der Waals surface area contributed by atoms with E-state index in [4.69, 9.17) is 0 Å². The van der Waals surface area contributed by atoms with Crippen molar-refractivity contribution in [3.63, 3.8) is 0 Å². The average Bonchev–Trinajstić information content (AvgIpc) is 3.09. The van der Waals surface area contributed by atoms with E-state index in [2.05, 4.69) is 21.5 Å². The Hall–Kier alpha value is -1.58. The molecule has 2 aliphatic carbocycles. The number of aromatic nitrogens is 3. The number of fused-ring (bicyclic) bond motifs is 3. The van der Waals surface area contributed by atoms with E-state index in [0.29, 0.717) is 0 Å². The Morgan fingerprint density at radius 2 is 2.32 bits per heavy atom. The van der Waals surface area contributed by atoms with E-state index in [1.54, 1.807) is 0 Å². The van der Waals surface area contributed by atoms with Crippen LogP contribution < -0.4 is 5.32 Å². The fourth-order valence-corrected chi connectivity index (χ4v) is 4.03. The minimum absolute atomic E-state index is 0.852. The molecule has 0 amide bonds. The topological polar surface area (TPSA) is 42.2 Å². The maximum atomic E-state index is 4.47. The molecule has 2 bridgehead atoms. The molecule has 2 heterocycles. The van der Waals surface area contributed by atoms with E-state index < -0.39 is 0 Å². The second-order valence-corrected chi connectivity index (χ2v) is 6.21. The molecule has 4 rings (SSSR count).